The summed E-state index contributed by atoms with van der Waals surface area (Å²) >= 11 is 0. The minimum atomic E-state index is -3.53. The van der Waals surface area contributed by atoms with Crippen LogP contribution in [0, 0.1) is 6.92 Å². The Morgan fingerprint density at radius 3 is 2.55 bits per heavy atom. The number of benzene rings is 1. The fourth-order valence-corrected chi connectivity index (χ4v) is 4.67. The van der Waals surface area contributed by atoms with Gasteiger partial charge in [-0.3, -0.25) is 0 Å². The molecule has 0 aliphatic heterocycles. The van der Waals surface area contributed by atoms with Gasteiger partial charge >= 0.3 is 0 Å². The summed E-state index contributed by atoms with van der Waals surface area (Å²) in [7, 11) is -3.53. The zero-order valence-electron chi connectivity index (χ0n) is 17.2. The lowest BCUT2D eigenvalue weighted by atomic mass is 10.2. The van der Waals surface area contributed by atoms with Crippen molar-refractivity contribution >= 4 is 26.9 Å². The molecule has 0 atom stereocenters. The minimum absolute atomic E-state index is 0.0551. The fraction of sp³-hybridized carbons (Fsp3) is 0.429. The molecule has 0 saturated heterocycles. The average Bonchev–Trinajstić information content (AvgIpc) is 3.05. The highest BCUT2D eigenvalue weighted by atomic mass is 32.2. The Morgan fingerprint density at radius 1 is 1.10 bits per heavy atom. The number of hydrogen-bond donors (Lipinski definition) is 2. The van der Waals surface area contributed by atoms with E-state index in [4.69, 9.17) is 0 Å². The molecule has 8 heteroatoms. The van der Waals surface area contributed by atoms with Gasteiger partial charge in [0.1, 0.15) is 16.5 Å². The van der Waals surface area contributed by atoms with Gasteiger partial charge in [-0.05, 0) is 50.5 Å². The van der Waals surface area contributed by atoms with Gasteiger partial charge in [0.15, 0.2) is 0 Å². The summed E-state index contributed by atoms with van der Waals surface area (Å²) in [5.74, 6) is 1.67. The Balaban J connectivity index is 1.54. The lowest BCUT2D eigenvalue weighted by Crippen LogP contribution is -2.33. The van der Waals surface area contributed by atoms with E-state index in [-0.39, 0.29) is 10.9 Å². The number of pyridine rings is 1. The van der Waals surface area contributed by atoms with Crippen molar-refractivity contribution in [2.75, 3.05) is 11.9 Å². The molecule has 2 aromatic heterocycles. The number of para-hydroxylation sites is 2. The maximum atomic E-state index is 12.4. The monoisotopic (exact) mass is 415 g/mol. The van der Waals surface area contributed by atoms with E-state index in [1.165, 1.54) is 6.20 Å². The van der Waals surface area contributed by atoms with E-state index in [0.717, 1.165) is 49.2 Å². The fourth-order valence-electron chi connectivity index (χ4n) is 3.32. The van der Waals surface area contributed by atoms with Crippen LogP contribution < -0.4 is 10.0 Å². The third-order valence-electron chi connectivity index (χ3n) is 5.06. The predicted molar refractivity (Wildman–Crippen MR) is 117 cm³/mol. The summed E-state index contributed by atoms with van der Waals surface area (Å²) in [6, 6.07) is 11.4. The molecule has 0 saturated carbocycles. The van der Waals surface area contributed by atoms with Crippen LogP contribution in [0.3, 0.4) is 0 Å². The van der Waals surface area contributed by atoms with Crippen LogP contribution in [-0.2, 0) is 16.6 Å². The summed E-state index contributed by atoms with van der Waals surface area (Å²) in [5, 5.41) is 3.26. The first-order chi connectivity index (χ1) is 13.9. The molecule has 7 nitrogen and oxygen atoms in total. The molecule has 0 amide bonds. The van der Waals surface area contributed by atoms with Gasteiger partial charge in [-0.15, -0.1) is 0 Å². The topological polar surface area (TPSA) is 88.9 Å². The van der Waals surface area contributed by atoms with Crippen molar-refractivity contribution < 1.29 is 8.42 Å². The Morgan fingerprint density at radius 2 is 1.86 bits per heavy atom. The quantitative estimate of drug-likeness (QED) is 0.493. The van der Waals surface area contributed by atoms with Crippen molar-refractivity contribution in [1.29, 1.82) is 0 Å². The van der Waals surface area contributed by atoms with Gasteiger partial charge < -0.3 is 9.88 Å². The van der Waals surface area contributed by atoms with E-state index >= 15 is 0 Å². The number of imidazole rings is 1. The van der Waals surface area contributed by atoms with Crippen molar-refractivity contribution in [1.82, 2.24) is 19.3 Å². The highest BCUT2D eigenvalue weighted by Crippen LogP contribution is 2.16. The molecular weight excluding hydrogens is 386 g/mol. The van der Waals surface area contributed by atoms with Gasteiger partial charge in [-0.25, -0.2) is 23.1 Å². The molecule has 3 rings (SSSR count). The zero-order chi connectivity index (χ0) is 20.9. The maximum absolute atomic E-state index is 12.4. The van der Waals surface area contributed by atoms with E-state index in [1.807, 2.05) is 39.0 Å². The SMILES string of the molecule is CCC(CC)NS(=O)(=O)c1ccc(NCCCn2c(C)nc3ccccc32)nc1. The Labute approximate surface area is 172 Å². The molecule has 0 unspecified atom stereocenters. The second-order valence-electron chi connectivity index (χ2n) is 7.09. The second-order valence-corrected chi connectivity index (χ2v) is 8.81. The van der Waals surface area contributed by atoms with Gasteiger partial charge in [0.2, 0.25) is 10.0 Å². The van der Waals surface area contributed by atoms with E-state index in [0.29, 0.717) is 5.82 Å². The van der Waals surface area contributed by atoms with Crippen molar-refractivity contribution in [2.24, 2.45) is 0 Å². The molecule has 1 aromatic carbocycles. The van der Waals surface area contributed by atoms with Crippen LogP contribution >= 0.6 is 0 Å². The first kappa shape index (κ1) is 21.3. The molecule has 0 spiro atoms. The van der Waals surface area contributed by atoms with Crippen molar-refractivity contribution in [3.05, 3.63) is 48.4 Å². The molecule has 0 bridgehead atoms. The minimum Gasteiger partial charge on any atom is -0.370 e. The molecule has 29 heavy (non-hydrogen) atoms. The Bertz CT molecular complexity index is 1040. The van der Waals surface area contributed by atoms with Crippen LogP contribution in [0.1, 0.15) is 38.9 Å². The number of fused-ring (bicyclic) bond motifs is 1. The number of nitrogens with one attached hydrogen (secondary N) is 2. The van der Waals surface area contributed by atoms with E-state index < -0.39 is 10.0 Å². The average molecular weight is 416 g/mol. The van der Waals surface area contributed by atoms with Gasteiger partial charge in [-0.2, -0.15) is 0 Å². The molecule has 0 aliphatic carbocycles. The van der Waals surface area contributed by atoms with E-state index in [2.05, 4.69) is 30.6 Å². The molecule has 2 N–H and O–H groups in total. The third kappa shape index (κ3) is 5.13. The largest absolute Gasteiger partial charge is 0.370 e. The highest BCUT2D eigenvalue weighted by molar-refractivity contribution is 7.89. The first-order valence-electron chi connectivity index (χ1n) is 10.1. The maximum Gasteiger partial charge on any atom is 0.242 e. The lowest BCUT2D eigenvalue weighted by molar-refractivity contribution is 0.530. The summed E-state index contributed by atoms with van der Waals surface area (Å²) in [4.78, 5) is 9.03. The number of nitrogens with zero attached hydrogens (tertiary/aromatic N) is 3. The summed E-state index contributed by atoms with van der Waals surface area (Å²) in [6.07, 6.45) is 3.82. The second kappa shape index (κ2) is 9.37. The van der Waals surface area contributed by atoms with Gasteiger partial charge in [0, 0.05) is 25.3 Å². The number of sulfonamides is 1. The number of rotatable bonds is 10. The van der Waals surface area contributed by atoms with E-state index in [1.54, 1.807) is 12.1 Å². The normalized spacial score (nSPS) is 12.0. The third-order valence-corrected chi connectivity index (χ3v) is 6.57. The predicted octanol–water partition coefficient (Wildman–Crippen LogP) is 3.71. The van der Waals surface area contributed by atoms with Gasteiger partial charge in [0.05, 0.1) is 11.0 Å². The van der Waals surface area contributed by atoms with E-state index in [9.17, 15) is 8.42 Å². The smallest absolute Gasteiger partial charge is 0.242 e. The Hall–Kier alpha value is -2.45. The van der Waals surface area contributed by atoms with Crippen LogP contribution in [0.15, 0.2) is 47.5 Å². The number of aryl methyl sites for hydroxylation is 2. The lowest BCUT2D eigenvalue weighted by Gasteiger charge is -2.15. The number of anilines is 1. The van der Waals surface area contributed by atoms with Crippen LogP contribution in [-0.4, -0.2) is 35.5 Å². The van der Waals surface area contributed by atoms with Crippen molar-refractivity contribution in [3.8, 4) is 0 Å². The summed E-state index contributed by atoms with van der Waals surface area (Å²) < 4.78 is 29.8. The summed E-state index contributed by atoms with van der Waals surface area (Å²) in [5.41, 5.74) is 2.15. The van der Waals surface area contributed by atoms with Crippen LogP contribution in [0.25, 0.3) is 11.0 Å². The molecule has 0 aliphatic rings. The Kier molecular flexibility index (Phi) is 6.87. The van der Waals surface area contributed by atoms with Crippen molar-refractivity contribution in [3.63, 3.8) is 0 Å². The molecular formula is C21H29N5O2S. The van der Waals surface area contributed by atoms with Gasteiger partial charge in [0.25, 0.3) is 0 Å². The molecule has 0 radical (unpaired) electrons. The molecule has 0 fully saturated rings. The van der Waals surface area contributed by atoms with Crippen LogP contribution in [0.2, 0.25) is 0 Å². The van der Waals surface area contributed by atoms with Crippen molar-refractivity contribution in [2.45, 2.75) is 57.5 Å². The van der Waals surface area contributed by atoms with Gasteiger partial charge in [-0.1, -0.05) is 26.0 Å². The summed E-state index contributed by atoms with van der Waals surface area (Å²) in [6.45, 7) is 7.54. The standard InChI is InChI=1S/C21H29N5O2S/c1-4-17(5-2)25-29(27,28)18-11-12-21(23-15-18)22-13-8-14-26-16(3)24-19-9-6-7-10-20(19)26/h6-7,9-12,15,17,25H,4-5,8,13-14H2,1-3H3,(H,22,23). The number of hydrogen-bond acceptors (Lipinski definition) is 5. The molecule has 2 heterocycles. The molecule has 3 aromatic rings. The number of aromatic nitrogens is 3. The van der Waals surface area contributed by atoms with Crippen LogP contribution in [0.4, 0.5) is 5.82 Å². The molecule has 156 valence electrons. The highest BCUT2D eigenvalue weighted by Gasteiger charge is 2.18. The zero-order valence-corrected chi connectivity index (χ0v) is 18.0. The first-order valence-corrected chi connectivity index (χ1v) is 11.6. The van der Waals surface area contributed by atoms with Crippen LogP contribution in [0.5, 0.6) is 0 Å².